The molecule has 3 N–H and O–H groups in total. The molecule has 0 radical (unpaired) electrons. The number of carbonyl (C=O) groups excluding carboxylic acids is 6. The van der Waals surface area contributed by atoms with Crippen molar-refractivity contribution in [2.45, 2.75) is 121 Å². The van der Waals surface area contributed by atoms with Crippen molar-refractivity contribution in [3.8, 4) is 5.75 Å². The van der Waals surface area contributed by atoms with Crippen LogP contribution in [0.2, 0.25) is 5.02 Å². The van der Waals surface area contributed by atoms with E-state index in [1.807, 2.05) is 26.0 Å². The first kappa shape index (κ1) is 45.5. The number of hydroxylamine groups is 2. The van der Waals surface area contributed by atoms with E-state index in [4.69, 9.17) is 45.9 Å². The lowest BCUT2D eigenvalue weighted by molar-refractivity contribution is -0.187. The fraction of sp³-hybridized carbons (Fsp3) is 0.610. The van der Waals surface area contributed by atoms with E-state index in [1.165, 1.54) is 38.0 Å². The number of nitrogens with two attached hydrogens (primary N) is 1. The number of nitrogens with zero attached hydrogens (tertiary/aromatic N) is 3. The van der Waals surface area contributed by atoms with Gasteiger partial charge in [-0.1, -0.05) is 48.7 Å². The number of nitrogens with one attached hydrogen (secondary N) is 1. The fourth-order valence-electron chi connectivity index (χ4n) is 7.51. The molecule has 3 fully saturated rings. The Bertz CT molecular complexity index is 1820. The minimum atomic E-state index is -1.34. The van der Waals surface area contributed by atoms with Gasteiger partial charge in [0.15, 0.2) is 0 Å². The quantitative estimate of drug-likeness (QED) is 0.133. The predicted octanol–water partition coefficient (Wildman–Crippen LogP) is 3.73. The van der Waals surface area contributed by atoms with Gasteiger partial charge >= 0.3 is 12.1 Å². The van der Waals surface area contributed by atoms with E-state index in [0.717, 1.165) is 16.2 Å². The summed E-state index contributed by atoms with van der Waals surface area (Å²) >= 11 is 6.76. The maximum Gasteiger partial charge on any atom is 0.408 e. The number of anilines is 1. The number of esters is 1. The van der Waals surface area contributed by atoms with E-state index < -0.39 is 66.1 Å². The Morgan fingerprint density at radius 2 is 1.80 bits per heavy atom. The molecule has 0 spiro atoms. The number of halogens is 1. The van der Waals surface area contributed by atoms with E-state index in [-0.39, 0.29) is 61.5 Å². The standard InChI is InChI=1S/C41H56ClN5O12/c1-23-12-11-13-31(55-7)41(43)22-30(58-40(53)44-41)24(2)37-38(59-37)29(21-35(51)46(5)27-19-26(18-23)20-28(54-6)36(27)42)57-39(52)25(3)45(4)32(48)14-9-8-10-17-56-47-33(49)15-16-34(47)50/h11-13,19-20,24-25,29-31,37-38H,8-10,14-18,21-22,43H2,1-7H3,(H,44,53)/b13-11+,23-12+/t24-,25+,29+,30?,31-,37+,38-,41-/m1/s1. The van der Waals surface area contributed by atoms with Crippen LogP contribution in [0.15, 0.2) is 35.9 Å². The number of carbonyl (C=O) groups is 6. The Morgan fingerprint density at radius 3 is 2.47 bits per heavy atom. The Kier molecular flexibility index (Phi) is 15.2. The first-order valence-electron chi connectivity index (χ1n) is 19.9. The number of fused-ring (bicyclic) bond motifs is 5. The lowest BCUT2D eigenvalue weighted by Crippen LogP contribution is -2.68. The molecule has 324 valence electrons. The fourth-order valence-corrected chi connectivity index (χ4v) is 7.82. The molecule has 4 heterocycles. The van der Waals surface area contributed by atoms with Crippen molar-refractivity contribution >= 4 is 53.0 Å². The van der Waals surface area contributed by atoms with Gasteiger partial charge in [-0.15, -0.1) is 0 Å². The van der Waals surface area contributed by atoms with Crippen molar-refractivity contribution in [3.05, 3.63) is 46.5 Å². The van der Waals surface area contributed by atoms with Gasteiger partial charge in [-0.25, -0.2) is 9.59 Å². The largest absolute Gasteiger partial charge is 0.495 e. The molecule has 1 aromatic carbocycles. The van der Waals surface area contributed by atoms with Gasteiger partial charge in [-0.05, 0) is 50.8 Å². The molecular formula is C41H56ClN5O12. The lowest BCUT2D eigenvalue weighted by atomic mass is 9.86. The maximum atomic E-state index is 14.1. The van der Waals surface area contributed by atoms with Crippen LogP contribution in [0.25, 0.3) is 0 Å². The number of rotatable bonds is 12. The average molecular weight is 846 g/mol. The summed E-state index contributed by atoms with van der Waals surface area (Å²) in [5, 5.41) is 3.74. The van der Waals surface area contributed by atoms with Gasteiger partial charge in [-0.3, -0.25) is 24.0 Å². The second kappa shape index (κ2) is 19.7. The van der Waals surface area contributed by atoms with Crippen molar-refractivity contribution in [3.63, 3.8) is 0 Å². The number of methoxy groups -OCH3 is 2. The van der Waals surface area contributed by atoms with Gasteiger partial charge in [0.1, 0.15) is 46.9 Å². The molecule has 4 aliphatic heterocycles. The van der Waals surface area contributed by atoms with Crippen LogP contribution in [0.1, 0.15) is 77.7 Å². The van der Waals surface area contributed by atoms with Crippen molar-refractivity contribution < 1.29 is 57.3 Å². The maximum absolute atomic E-state index is 14.1. The highest BCUT2D eigenvalue weighted by atomic mass is 35.5. The summed E-state index contributed by atoms with van der Waals surface area (Å²) < 4.78 is 29.2. The smallest absolute Gasteiger partial charge is 0.408 e. The first-order valence-corrected chi connectivity index (χ1v) is 20.2. The SMILES string of the molecule is COc1cc2cc(c1Cl)N(C)C(=O)C[C@H](OC(=O)[C@H](C)N(C)C(=O)CCCCCON1C(=O)CCC1=O)[C@H]1O[C@H]1[C@H](C)C1C[C@@](N)(NC(=O)O1)[C@H](OC)/C=C/C=C(\C)C2. The summed E-state index contributed by atoms with van der Waals surface area (Å²) in [5.41, 5.74) is 7.61. The zero-order valence-electron chi connectivity index (χ0n) is 34.7. The molecule has 1 unspecified atom stereocenters. The lowest BCUT2D eigenvalue weighted by Gasteiger charge is -2.43. The van der Waals surface area contributed by atoms with Crippen molar-refractivity contribution in [1.29, 1.82) is 0 Å². The van der Waals surface area contributed by atoms with Gasteiger partial charge in [-0.2, -0.15) is 5.06 Å². The van der Waals surface area contributed by atoms with Crippen molar-refractivity contribution in [2.24, 2.45) is 11.7 Å². The van der Waals surface area contributed by atoms with E-state index in [0.29, 0.717) is 37.1 Å². The average Bonchev–Trinajstić information content (AvgIpc) is 3.93. The Morgan fingerprint density at radius 1 is 1.08 bits per heavy atom. The summed E-state index contributed by atoms with van der Waals surface area (Å²) in [6.45, 7) is 5.46. The number of imide groups is 1. The highest BCUT2D eigenvalue weighted by Gasteiger charge is 2.56. The van der Waals surface area contributed by atoms with Crippen LogP contribution in [0.3, 0.4) is 0 Å². The summed E-state index contributed by atoms with van der Waals surface area (Å²) in [7, 11) is 6.05. The van der Waals surface area contributed by atoms with E-state index in [1.54, 1.807) is 25.3 Å². The number of benzene rings is 1. The third kappa shape index (κ3) is 11.0. The zero-order chi connectivity index (χ0) is 43.2. The zero-order valence-corrected chi connectivity index (χ0v) is 35.5. The molecule has 17 nitrogen and oxygen atoms in total. The summed E-state index contributed by atoms with van der Waals surface area (Å²) in [4.78, 5) is 85.3. The monoisotopic (exact) mass is 845 g/mol. The molecule has 1 aromatic rings. The third-order valence-electron chi connectivity index (χ3n) is 11.3. The number of unbranched alkanes of at least 4 members (excludes halogenated alkanes) is 2. The van der Waals surface area contributed by atoms with Crippen LogP contribution in [0, 0.1) is 5.92 Å². The van der Waals surface area contributed by atoms with Gasteiger partial charge in [0.25, 0.3) is 11.8 Å². The number of likely N-dealkylation sites (N-methyl/N-ethyl adjacent to an activating group) is 1. The summed E-state index contributed by atoms with van der Waals surface area (Å²) in [6, 6.07) is 2.57. The molecule has 0 aliphatic carbocycles. The van der Waals surface area contributed by atoms with Gasteiger partial charge in [0.05, 0.1) is 31.9 Å². The Hall–Kier alpha value is -4.55. The molecule has 5 rings (SSSR count). The minimum Gasteiger partial charge on any atom is -0.495 e. The number of amides is 5. The van der Waals surface area contributed by atoms with Crippen LogP contribution in [0.5, 0.6) is 5.75 Å². The van der Waals surface area contributed by atoms with Crippen molar-refractivity contribution in [2.75, 3.05) is 39.8 Å². The van der Waals surface area contributed by atoms with Crippen LogP contribution >= 0.6 is 11.6 Å². The number of allylic oxidation sites excluding steroid dienone is 3. The predicted molar refractivity (Wildman–Crippen MR) is 214 cm³/mol. The van der Waals surface area contributed by atoms with Crippen LogP contribution < -0.4 is 20.7 Å². The van der Waals surface area contributed by atoms with Crippen LogP contribution in [-0.2, 0) is 54.2 Å². The molecule has 5 amide bonds. The van der Waals surface area contributed by atoms with Gasteiger partial charge < -0.3 is 44.5 Å². The first-order chi connectivity index (χ1) is 28.0. The van der Waals surface area contributed by atoms with Crippen LogP contribution in [-0.4, -0.2) is 123 Å². The number of hydrogen-bond donors (Lipinski definition) is 2. The van der Waals surface area contributed by atoms with Crippen LogP contribution in [0.4, 0.5) is 10.5 Å². The Balaban J connectivity index is 1.33. The molecule has 4 aliphatic rings. The molecule has 4 bridgehead atoms. The molecule has 0 saturated carbocycles. The third-order valence-corrected chi connectivity index (χ3v) is 11.7. The highest BCUT2D eigenvalue weighted by molar-refractivity contribution is 6.35. The second-order valence-corrected chi connectivity index (χ2v) is 16.0. The number of hydrogen-bond acceptors (Lipinski definition) is 13. The Labute approximate surface area is 349 Å². The summed E-state index contributed by atoms with van der Waals surface area (Å²) in [5.74, 6) is -2.30. The van der Waals surface area contributed by atoms with Crippen molar-refractivity contribution in [1.82, 2.24) is 15.3 Å². The molecule has 3 saturated heterocycles. The van der Waals surface area contributed by atoms with Gasteiger partial charge in [0, 0.05) is 52.8 Å². The summed E-state index contributed by atoms with van der Waals surface area (Å²) in [6.07, 6.45) is 3.13. The topological polar surface area (TPSA) is 209 Å². The molecular weight excluding hydrogens is 790 g/mol. The normalized spacial score (nSPS) is 29.4. The minimum absolute atomic E-state index is 0.129. The van der Waals surface area contributed by atoms with Gasteiger partial charge in [0.2, 0.25) is 11.8 Å². The van der Waals surface area contributed by atoms with E-state index >= 15 is 0 Å². The molecule has 0 aromatic heterocycles. The van der Waals surface area contributed by atoms with E-state index in [9.17, 15) is 28.8 Å². The molecule has 8 atom stereocenters. The molecule has 59 heavy (non-hydrogen) atoms. The second-order valence-electron chi connectivity index (χ2n) is 15.6. The highest BCUT2D eigenvalue weighted by Crippen LogP contribution is 2.41. The van der Waals surface area contributed by atoms with E-state index in [2.05, 4.69) is 5.32 Å². The molecule has 18 heteroatoms. The number of epoxide rings is 1. The number of alkyl carbamates (subject to hydrolysis) is 1. The number of ether oxygens (including phenoxy) is 5.